The molecule has 6 heterocycles. The number of ether oxygens (including phenoxy) is 2. The minimum atomic E-state index is -0.357. The molecule has 3 aliphatic heterocycles. The number of nitrogens with two attached hydrogens (primary N) is 1. The van der Waals surface area contributed by atoms with Gasteiger partial charge in [-0.15, -0.1) is 11.3 Å². The number of likely N-dealkylation sites (tertiary alicyclic amines) is 1. The van der Waals surface area contributed by atoms with E-state index in [-0.39, 0.29) is 11.5 Å². The molecule has 8 rings (SSSR count). The fourth-order valence-electron chi connectivity index (χ4n) is 8.77. The van der Waals surface area contributed by atoms with E-state index < -0.39 is 0 Å². The third-order valence-electron chi connectivity index (χ3n) is 11.2. The van der Waals surface area contributed by atoms with Gasteiger partial charge in [0.25, 0.3) is 0 Å². The van der Waals surface area contributed by atoms with E-state index in [1.807, 2.05) is 0 Å². The van der Waals surface area contributed by atoms with Gasteiger partial charge >= 0.3 is 0 Å². The lowest BCUT2D eigenvalue weighted by molar-refractivity contribution is 0.102. The Kier molecular flexibility index (Phi) is 6.88. The molecule has 232 valence electrons. The van der Waals surface area contributed by atoms with Crippen LogP contribution in [0.5, 0.6) is 5.88 Å². The van der Waals surface area contributed by atoms with Gasteiger partial charge in [-0.25, -0.2) is 4.98 Å². The predicted octanol–water partition coefficient (Wildman–Crippen LogP) is 5.01. The molecule has 0 bridgehead atoms. The summed E-state index contributed by atoms with van der Waals surface area (Å²) in [5.41, 5.74) is 10.8. The molecule has 5 atom stereocenters. The summed E-state index contributed by atoms with van der Waals surface area (Å²) < 4.78 is 18.8. The Morgan fingerprint density at radius 2 is 1.98 bits per heavy atom. The maximum atomic E-state index is 10.1. The molecule has 0 amide bonds. The standard InChI is InChI=1S/C33H41N7O3S/c1-18-8-9-24(39(18)3)19(2)42-32-22-10-14-40(20-11-15-41-17-20)31(22)36-30(37-32)27-21-6-4-12-33(28(21)38-43-27)13-5-7-25-26(33)23(16-34)29(35)44-25/h18-20,24H,4-15,17,35H2,1-3H3/t18-,19-,20+,24-,33-/m0/s1. The van der Waals surface area contributed by atoms with Crippen LogP contribution >= 0.6 is 11.3 Å². The first-order chi connectivity index (χ1) is 21.4. The van der Waals surface area contributed by atoms with Crippen molar-refractivity contribution in [1.82, 2.24) is 20.0 Å². The van der Waals surface area contributed by atoms with Crippen molar-refractivity contribution in [3.63, 3.8) is 0 Å². The lowest BCUT2D eigenvalue weighted by Crippen LogP contribution is -2.40. The van der Waals surface area contributed by atoms with Gasteiger partial charge in [-0.3, -0.25) is 4.90 Å². The van der Waals surface area contributed by atoms with Crippen molar-refractivity contribution in [3.8, 4) is 23.5 Å². The van der Waals surface area contributed by atoms with Crippen LogP contribution in [0.25, 0.3) is 11.6 Å². The van der Waals surface area contributed by atoms with Crippen molar-refractivity contribution < 1.29 is 14.0 Å². The Morgan fingerprint density at radius 3 is 2.73 bits per heavy atom. The van der Waals surface area contributed by atoms with Crippen molar-refractivity contribution in [3.05, 3.63) is 32.8 Å². The van der Waals surface area contributed by atoms with Gasteiger partial charge in [0.15, 0.2) is 0 Å². The third-order valence-corrected chi connectivity index (χ3v) is 12.3. The highest BCUT2D eigenvalue weighted by Gasteiger charge is 2.48. The summed E-state index contributed by atoms with van der Waals surface area (Å²) >= 11 is 1.57. The molecule has 3 aromatic heterocycles. The number of hydrogen-bond donors (Lipinski definition) is 1. The van der Waals surface area contributed by atoms with E-state index in [9.17, 15) is 5.26 Å². The van der Waals surface area contributed by atoms with E-state index in [1.165, 1.54) is 11.3 Å². The van der Waals surface area contributed by atoms with Gasteiger partial charge in [-0.1, -0.05) is 5.16 Å². The van der Waals surface area contributed by atoms with E-state index >= 15 is 0 Å². The molecule has 2 fully saturated rings. The second-order valence-electron chi connectivity index (χ2n) is 13.5. The van der Waals surface area contributed by atoms with E-state index in [4.69, 9.17) is 34.9 Å². The van der Waals surface area contributed by atoms with Crippen LogP contribution in [0, 0.1) is 11.3 Å². The van der Waals surface area contributed by atoms with Gasteiger partial charge in [-0.2, -0.15) is 10.2 Å². The molecule has 44 heavy (non-hydrogen) atoms. The minimum absolute atomic E-state index is 0.0123. The van der Waals surface area contributed by atoms with Gasteiger partial charge in [0.05, 0.1) is 29.5 Å². The average Bonchev–Trinajstić information content (AvgIpc) is 3.84. The first-order valence-corrected chi connectivity index (χ1v) is 17.2. The summed E-state index contributed by atoms with van der Waals surface area (Å²) in [6.07, 6.45) is 9.79. The van der Waals surface area contributed by atoms with E-state index in [1.54, 1.807) is 11.3 Å². The quantitative estimate of drug-likeness (QED) is 0.419. The van der Waals surface area contributed by atoms with Crippen LogP contribution < -0.4 is 15.4 Å². The number of nitrogen functional groups attached to an aromatic ring is 1. The first kappa shape index (κ1) is 28.3. The number of anilines is 2. The second-order valence-corrected chi connectivity index (χ2v) is 14.6. The van der Waals surface area contributed by atoms with Gasteiger partial charge in [0.1, 0.15) is 23.0 Å². The summed E-state index contributed by atoms with van der Waals surface area (Å²) in [6, 6.07) is 3.61. The number of thiophene rings is 1. The van der Waals surface area contributed by atoms with Crippen LogP contribution in [0.1, 0.15) is 91.6 Å². The van der Waals surface area contributed by atoms with E-state index in [2.05, 4.69) is 36.8 Å². The van der Waals surface area contributed by atoms with Crippen molar-refractivity contribution >= 4 is 22.2 Å². The fraction of sp³-hybridized carbons (Fsp3) is 0.636. The van der Waals surface area contributed by atoms with Gasteiger partial charge in [0, 0.05) is 41.1 Å². The lowest BCUT2D eigenvalue weighted by atomic mass is 9.62. The summed E-state index contributed by atoms with van der Waals surface area (Å²) in [7, 11) is 2.20. The molecule has 0 radical (unpaired) electrons. The predicted molar refractivity (Wildman–Crippen MR) is 168 cm³/mol. The Morgan fingerprint density at radius 1 is 1.14 bits per heavy atom. The first-order valence-electron chi connectivity index (χ1n) is 16.3. The molecule has 0 aromatic carbocycles. The number of aryl methyl sites for hydroxylation is 1. The van der Waals surface area contributed by atoms with Crippen molar-refractivity contribution in [2.24, 2.45) is 0 Å². The van der Waals surface area contributed by atoms with Gasteiger partial charge in [0.2, 0.25) is 17.5 Å². The van der Waals surface area contributed by atoms with Crippen molar-refractivity contribution in [1.29, 1.82) is 5.26 Å². The highest BCUT2D eigenvalue weighted by molar-refractivity contribution is 7.16. The molecular formula is C33H41N7O3S. The highest BCUT2D eigenvalue weighted by atomic mass is 32.1. The average molecular weight is 616 g/mol. The largest absolute Gasteiger partial charge is 0.473 e. The molecule has 10 nitrogen and oxygen atoms in total. The van der Waals surface area contributed by atoms with Gasteiger partial charge < -0.3 is 24.6 Å². The molecule has 3 aromatic rings. The minimum Gasteiger partial charge on any atom is -0.473 e. The normalized spacial score (nSPS) is 28.6. The molecule has 5 aliphatic rings. The molecule has 11 heteroatoms. The van der Waals surface area contributed by atoms with Crippen LogP contribution in [0.2, 0.25) is 0 Å². The molecule has 1 spiro atoms. The Bertz CT molecular complexity index is 1630. The van der Waals surface area contributed by atoms with Crippen LogP contribution in [0.15, 0.2) is 4.52 Å². The SMILES string of the molecule is C[C@H](Oc1nc(-c2onc3c2CCC[C@@]32CCCc3sc(N)c(C#N)c32)nc2c1CCN2[C@@H]1CCOC1)[C@@H]1CC[C@H](C)N1C. The third kappa shape index (κ3) is 4.21. The summed E-state index contributed by atoms with van der Waals surface area (Å²) in [5, 5.41) is 15.5. The number of hydrogen-bond acceptors (Lipinski definition) is 11. The van der Waals surface area contributed by atoms with Crippen LogP contribution in [-0.2, 0) is 29.4 Å². The Hall–Kier alpha value is -3.20. The summed E-state index contributed by atoms with van der Waals surface area (Å²) in [4.78, 5) is 16.4. The Labute approximate surface area is 262 Å². The Balaban J connectivity index is 1.23. The topological polar surface area (TPSA) is 127 Å². The van der Waals surface area contributed by atoms with Crippen molar-refractivity contribution in [2.45, 2.75) is 108 Å². The number of nitrogens with zero attached hydrogens (tertiary/aromatic N) is 6. The van der Waals surface area contributed by atoms with Crippen molar-refractivity contribution in [2.75, 3.05) is 37.4 Å². The maximum absolute atomic E-state index is 10.1. The fourth-order valence-corrected chi connectivity index (χ4v) is 9.93. The van der Waals surface area contributed by atoms with Crippen LogP contribution in [0.3, 0.4) is 0 Å². The zero-order valence-corrected chi connectivity index (χ0v) is 26.7. The number of likely N-dealkylation sites (N-methyl/N-ethyl adjacent to an activating group) is 1. The van der Waals surface area contributed by atoms with Crippen LogP contribution in [-0.4, -0.2) is 71.1 Å². The molecule has 2 N–H and O–H groups in total. The number of fused-ring (bicyclic) bond motifs is 5. The zero-order chi connectivity index (χ0) is 30.2. The molecule has 2 aliphatic carbocycles. The van der Waals surface area contributed by atoms with Crippen LogP contribution in [0.4, 0.5) is 10.8 Å². The number of nitriles is 1. The number of aromatic nitrogens is 3. The smallest absolute Gasteiger partial charge is 0.222 e. The van der Waals surface area contributed by atoms with Gasteiger partial charge in [-0.05, 0) is 90.7 Å². The van der Waals surface area contributed by atoms with E-state index in [0.29, 0.717) is 52.8 Å². The summed E-state index contributed by atoms with van der Waals surface area (Å²) in [6.45, 7) is 6.82. The monoisotopic (exact) mass is 615 g/mol. The molecular weight excluding hydrogens is 574 g/mol. The lowest BCUT2D eigenvalue weighted by Gasteiger charge is -2.39. The second kappa shape index (κ2) is 10.7. The molecule has 0 saturated carbocycles. The maximum Gasteiger partial charge on any atom is 0.222 e. The number of rotatable bonds is 5. The highest BCUT2D eigenvalue weighted by Crippen LogP contribution is 2.55. The zero-order valence-electron chi connectivity index (χ0n) is 25.9. The molecule has 2 saturated heterocycles. The molecule has 0 unspecified atom stereocenters. The van der Waals surface area contributed by atoms with E-state index in [0.717, 1.165) is 99.1 Å². The summed E-state index contributed by atoms with van der Waals surface area (Å²) in [5.74, 6) is 2.78.